The number of aromatic nitrogens is 5. The Morgan fingerprint density at radius 1 is 1.11 bits per heavy atom. The Balaban J connectivity index is 1.65. The van der Waals surface area contributed by atoms with Crippen molar-refractivity contribution in [1.82, 2.24) is 30.5 Å². The van der Waals surface area contributed by atoms with E-state index in [1.165, 1.54) is 18.2 Å². The zero-order valence-corrected chi connectivity index (χ0v) is 19.9. The van der Waals surface area contributed by atoms with Gasteiger partial charge in [-0.05, 0) is 55.4 Å². The summed E-state index contributed by atoms with van der Waals surface area (Å²) in [5, 5.41) is 11.1. The minimum atomic E-state index is -0.362. The molecule has 8 heteroatoms. The van der Waals surface area contributed by atoms with Crippen molar-refractivity contribution in [3.05, 3.63) is 96.2 Å². The Kier molecular flexibility index (Phi) is 6.26. The molecule has 5 aromatic rings. The molecular weight excluding hydrogens is 458 g/mol. The number of rotatable bonds is 7. The lowest BCUT2D eigenvalue weighted by Gasteiger charge is -2.06. The lowest BCUT2D eigenvalue weighted by atomic mass is 10.0. The third kappa shape index (κ3) is 4.23. The van der Waals surface area contributed by atoms with E-state index in [4.69, 9.17) is 4.98 Å². The zero-order chi connectivity index (χ0) is 25.2. The average Bonchev–Trinajstić information content (AvgIpc) is 3.47. The van der Waals surface area contributed by atoms with Gasteiger partial charge in [0.1, 0.15) is 22.8 Å². The van der Waals surface area contributed by atoms with Crippen molar-refractivity contribution in [2.24, 2.45) is 0 Å². The largest absolute Gasteiger partial charge is 0.336 e. The summed E-state index contributed by atoms with van der Waals surface area (Å²) in [4.78, 5) is 12.6. The van der Waals surface area contributed by atoms with Gasteiger partial charge >= 0.3 is 0 Å². The molecule has 0 saturated carbocycles. The molecule has 36 heavy (non-hydrogen) atoms. The van der Waals surface area contributed by atoms with Gasteiger partial charge in [0.2, 0.25) is 0 Å². The number of hydrogen-bond donors (Lipinski definition) is 3. The maximum absolute atomic E-state index is 14.9. The molecule has 0 aliphatic carbocycles. The van der Waals surface area contributed by atoms with Crippen LogP contribution in [0.4, 0.5) is 8.78 Å². The molecule has 0 bridgehead atoms. The third-order valence-electron chi connectivity index (χ3n) is 5.92. The molecular formula is C28H24F2N6. The van der Waals surface area contributed by atoms with Gasteiger partial charge in [-0.3, -0.25) is 10.1 Å². The molecule has 0 amide bonds. The van der Waals surface area contributed by atoms with Crippen LogP contribution < -0.4 is 5.32 Å². The second-order valence-electron chi connectivity index (χ2n) is 8.31. The summed E-state index contributed by atoms with van der Waals surface area (Å²) in [5.41, 5.74) is 5.59. The zero-order valence-electron chi connectivity index (χ0n) is 19.9. The number of H-pyrrole nitrogens is 2. The number of halogens is 2. The molecule has 0 fully saturated rings. The standard InChI is InChI=1S/C28H24F2N6/c1-4-6-7-17(5-2)20-13-21-24(14-22(20)30)35-36-26(21)28-33-23-8-9-32-25(27(23)34-28)18-10-16(15-31-3)11-19(29)12-18/h4-14,31H,1,15H2,2-3H3,(H,33,34)(H,35,36)/b7-6-,17-5+. The summed E-state index contributed by atoms with van der Waals surface area (Å²) in [5.74, 6) is -0.205. The van der Waals surface area contributed by atoms with Crippen LogP contribution in [0.2, 0.25) is 0 Å². The fraction of sp³-hybridized carbons (Fsp3) is 0.107. The highest BCUT2D eigenvalue weighted by Crippen LogP contribution is 2.33. The number of hydrogen-bond acceptors (Lipinski definition) is 4. The summed E-state index contributed by atoms with van der Waals surface area (Å²) in [7, 11) is 1.81. The van der Waals surface area contributed by atoms with E-state index in [0.717, 1.165) is 16.7 Å². The fourth-order valence-electron chi connectivity index (χ4n) is 4.31. The van der Waals surface area contributed by atoms with Crippen LogP contribution in [0.15, 0.2) is 73.5 Å². The normalized spacial score (nSPS) is 12.3. The van der Waals surface area contributed by atoms with E-state index >= 15 is 0 Å². The predicted molar refractivity (Wildman–Crippen MR) is 140 cm³/mol. The average molecular weight is 483 g/mol. The van der Waals surface area contributed by atoms with Gasteiger partial charge in [0, 0.05) is 35.3 Å². The Bertz CT molecular complexity index is 1660. The van der Waals surface area contributed by atoms with E-state index in [1.807, 2.05) is 26.1 Å². The van der Waals surface area contributed by atoms with Crippen LogP contribution in [0, 0.1) is 11.6 Å². The first-order chi connectivity index (χ1) is 17.5. The monoisotopic (exact) mass is 482 g/mol. The molecule has 0 saturated heterocycles. The highest BCUT2D eigenvalue weighted by Gasteiger charge is 2.18. The van der Waals surface area contributed by atoms with Crippen LogP contribution in [0.5, 0.6) is 0 Å². The first kappa shape index (κ1) is 23.3. The molecule has 0 aliphatic heterocycles. The van der Waals surface area contributed by atoms with E-state index in [2.05, 4.69) is 32.1 Å². The van der Waals surface area contributed by atoms with Crippen molar-refractivity contribution in [3.8, 4) is 22.8 Å². The van der Waals surface area contributed by atoms with Crippen LogP contribution in [-0.4, -0.2) is 32.2 Å². The van der Waals surface area contributed by atoms with Gasteiger partial charge in [0.05, 0.1) is 16.7 Å². The quantitative estimate of drug-likeness (QED) is 0.237. The van der Waals surface area contributed by atoms with E-state index < -0.39 is 0 Å². The first-order valence-corrected chi connectivity index (χ1v) is 11.4. The van der Waals surface area contributed by atoms with E-state index in [0.29, 0.717) is 51.3 Å². The lowest BCUT2D eigenvalue weighted by Crippen LogP contribution is -2.05. The van der Waals surface area contributed by atoms with Crippen molar-refractivity contribution in [2.75, 3.05) is 7.05 Å². The molecule has 180 valence electrons. The van der Waals surface area contributed by atoms with E-state index in [1.54, 1.807) is 36.6 Å². The Morgan fingerprint density at radius 2 is 1.97 bits per heavy atom. The van der Waals surface area contributed by atoms with E-state index in [9.17, 15) is 8.78 Å². The van der Waals surface area contributed by atoms with Gasteiger partial charge in [0.25, 0.3) is 0 Å². The SMILES string of the molecule is C=C/C=C\C(=C/C)c1cc2c(-c3nc4c(-c5cc(F)cc(CNC)c5)nccc4[nH]3)n[nH]c2cc1F. The highest BCUT2D eigenvalue weighted by molar-refractivity contribution is 5.97. The van der Waals surface area contributed by atoms with Crippen LogP contribution in [0.25, 0.3) is 50.3 Å². The predicted octanol–water partition coefficient (Wildman–Crippen LogP) is 6.31. The highest BCUT2D eigenvalue weighted by atomic mass is 19.1. The minimum absolute atomic E-state index is 0.342. The van der Waals surface area contributed by atoms with Crippen molar-refractivity contribution in [1.29, 1.82) is 0 Å². The van der Waals surface area contributed by atoms with Crippen LogP contribution in [0.3, 0.4) is 0 Å². The molecule has 6 nitrogen and oxygen atoms in total. The second-order valence-corrected chi connectivity index (χ2v) is 8.31. The first-order valence-electron chi connectivity index (χ1n) is 11.4. The smallest absolute Gasteiger partial charge is 0.159 e. The second kappa shape index (κ2) is 9.67. The van der Waals surface area contributed by atoms with Crippen molar-refractivity contribution in [2.45, 2.75) is 13.5 Å². The number of pyridine rings is 1. The van der Waals surface area contributed by atoms with Crippen LogP contribution in [-0.2, 0) is 6.54 Å². The number of aromatic amines is 2. The van der Waals surface area contributed by atoms with Crippen molar-refractivity contribution >= 4 is 27.5 Å². The summed E-state index contributed by atoms with van der Waals surface area (Å²) in [6.07, 6.45) is 8.70. The van der Waals surface area contributed by atoms with Gasteiger partial charge in [-0.15, -0.1) is 0 Å². The summed E-state index contributed by atoms with van der Waals surface area (Å²) >= 11 is 0. The van der Waals surface area contributed by atoms with Gasteiger partial charge in [-0.2, -0.15) is 5.10 Å². The molecule has 3 heterocycles. The van der Waals surface area contributed by atoms with Crippen LogP contribution >= 0.6 is 0 Å². The Labute approximate surface area is 206 Å². The fourth-order valence-corrected chi connectivity index (χ4v) is 4.31. The molecule has 0 spiro atoms. The summed E-state index contributed by atoms with van der Waals surface area (Å²) in [6.45, 7) is 6.06. The molecule has 2 aromatic carbocycles. The molecule has 0 aliphatic rings. The Hall–Kier alpha value is -4.43. The van der Waals surface area contributed by atoms with Crippen LogP contribution in [0.1, 0.15) is 18.1 Å². The van der Waals surface area contributed by atoms with Crippen molar-refractivity contribution < 1.29 is 8.78 Å². The summed E-state index contributed by atoms with van der Waals surface area (Å²) < 4.78 is 29.2. The maximum atomic E-state index is 14.9. The van der Waals surface area contributed by atoms with Gasteiger partial charge in [-0.1, -0.05) is 30.9 Å². The molecule has 3 N–H and O–H groups in total. The number of fused-ring (bicyclic) bond motifs is 2. The Morgan fingerprint density at radius 3 is 2.75 bits per heavy atom. The molecule has 5 rings (SSSR count). The van der Waals surface area contributed by atoms with Gasteiger partial charge in [-0.25, -0.2) is 13.8 Å². The summed E-state index contributed by atoms with van der Waals surface area (Å²) in [6, 6.07) is 9.83. The molecule has 0 unspecified atom stereocenters. The molecule has 0 atom stereocenters. The minimum Gasteiger partial charge on any atom is -0.336 e. The maximum Gasteiger partial charge on any atom is 0.159 e. The van der Waals surface area contributed by atoms with Gasteiger partial charge in [0.15, 0.2) is 5.82 Å². The topological polar surface area (TPSA) is 82.3 Å². The lowest BCUT2D eigenvalue weighted by molar-refractivity contribution is 0.624. The van der Waals surface area contributed by atoms with Gasteiger partial charge < -0.3 is 10.3 Å². The third-order valence-corrected chi connectivity index (χ3v) is 5.92. The molecule has 0 radical (unpaired) electrons. The van der Waals surface area contributed by atoms with Crippen molar-refractivity contribution in [3.63, 3.8) is 0 Å². The number of nitrogens with one attached hydrogen (secondary N) is 3. The number of allylic oxidation sites excluding steroid dienone is 5. The number of imidazole rings is 1. The number of nitrogens with zero attached hydrogens (tertiary/aromatic N) is 3. The molecule has 3 aromatic heterocycles. The number of benzene rings is 2. The van der Waals surface area contributed by atoms with E-state index in [-0.39, 0.29) is 11.6 Å².